The zero-order valence-electron chi connectivity index (χ0n) is 17.2. The third-order valence-corrected chi connectivity index (χ3v) is 7.13. The van der Waals surface area contributed by atoms with Crippen LogP contribution in [0.25, 0.3) is 11.6 Å². The van der Waals surface area contributed by atoms with Crippen molar-refractivity contribution in [2.24, 2.45) is 5.92 Å². The van der Waals surface area contributed by atoms with Crippen molar-refractivity contribution in [3.63, 3.8) is 0 Å². The number of carbonyl (C=O) groups excluding carboxylic acids is 1. The van der Waals surface area contributed by atoms with Gasteiger partial charge in [-0.2, -0.15) is 5.26 Å². The van der Waals surface area contributed by atoms with Crippen molar-refractivity contribution in [1.29, 1.82) is 10.7 Å². The number of aromatic nitrogens is 1. The van der Waals surface area contributed by atoms with Gasteiger partial charge < -0.3 is 4.74 Å². The van der Waals surface area contributed by atoms with Crippen LogP contribution in [0.15, 0.2) is 41.2 Å². The second kappa shape index (κ2) is 9.14. The van der Waals surface area contributed by atoms with Crippen molar-refractivity contribution < 1.29 is 18.3 Å². The van der Waals surface area contributed by atoms with E-state index in [1.165, 1.54) is 36.4 Å². The number of nitriles is 1. The monoisotopic (exact) mass is 519 g/mol. The molecule has 3 aromatic rings. The van der Waals surface area contributed by atoms with E-state index in [4.69, 9.17) is 33.3 Å². The minimum absolute atomic E-state index is 0.0450. The predicted octanol–water partition coefficient (Wildman–Crippen LogP) is 3.41. The summed E-state index contributed by atoms with van der Waals surface area (Å²) in [6.07, 6.45) is 1.20. The smallest absolute Gasteiger partial charge is 0.337 e. The number of thiazole rings is 1. The van der Waals surface area contributed by atoms with E-state index in [2.05, 4.69) is 0 Å². The molecule has 0 saturated carbocycles. The van der Waals surface area contributed by atoms with Crippen molar-refractivity contribution in [1.82, 2.24) is 4.57 Å². The SMILES string of the molecule is COC(=O)C1=c2s/c(=C/c3c(F)cccc3Cl)c(=O)n2C(=N)C(C#N)C1c1c(F)cccc1Cl. The average Bonchev–Trinajstić information content (AvgIpc) is 3.12. The lowest BCUT2D eigenvalue weighted by Crippen LogP contribution is -2.47. The molecule has 34 heavy (non-hydrogen) atoms. The van der Waals surface area contributed by atoms with Gasteiger partial charge in [-0.05, 0) is 30.3 Å². The van der Waals surface area contributed by atoms with Crippen LogP contribution >= 0.6 is 34.5 Å². The summed E-state index contributed by atoms with van der Waals surface area (Å²) in [6, 6.07) is 9.76. The van der Waals surface area contributed by atoms with E-state index in [0.717, 1.165) is 29.1 Å². The Morgan fingerprint density at radius 1 is 1.21 bits per heavy atom. The number of esters is 1. The highest BCUT2D eigenvalue weighted by molar-refractivity contribution is 7.07. The summed E-state index contributed by atoms with van der Waals surface area (Å²) >= 11 is 13.1. The van der Waals surface area contributed by atoms with E-state index in [0.29, 0.717) is 0 Å². The molecule has 0 aliphatic carbocycles. The number of carbonyl (C=O) groups is 1. The van der Waals surface area contributed by atoms with E-state index in [9.17, 15) is 23.6 Å². The predicted molar refractivity (Wildman–Crippen MR) is 125 cm³/mol. The van der Waals surface area contributed by atoms with Crippen molar-refractivity contribution in [2.45, 2.75) is 5.92 Å². The number of rotatable bonds is 3. The van der Waals surface area contributed by atoms with Gasteiger partial charge in [0.25, 0.3) is 5.56 Å². The number of nitrogens with zero attached hydrogens (tertiary/aromatic N) is 2. The fourth-order valence-electron chi connectivity index (χ4n) is 3.84. The van der Waals surface area contributed by atoms with Crippen LogP contribution in [0.1, 0.15) is 17.0 Å². The van der Waals surface area contributed by atoms with Crippen LogP contribution in [-0.4, -0.2) is 23.5 Å². The van der Waals surface area contributed by atoms with Crippen LogP contribution in [-0.2, 0) is 9.53 Å². The van der Waals surface area contributed by atoms with Gasteiger partial charge in [0.2, 0.25) is 0 Å². The Bertz CT molecular complexity index is 1550. The van der Waals surface area contributed by atoms with E-state index in [1.54, 1.807) is 0 Å². The molecule has 2 atom stereocenters. The first-order valence-corrected chi connectivity index (χ1v) is 11.2. The Morgan fingerprint density at radius 2 is 1.85 bits per heavy atom. The van der Waals surface area contributed by atoms with Crippen LogP contribution < -0.4 is 14.8 Å². The summed E-state index contributed by atoms with van der Waals surface area (Å²) in [6.45, 7) is 0. The molecule has 0 saturated heterocycles. The molecule has 1 aromatic heterocycles. The molecule has 4 rings (SSSR count). The highest BCUT2D eigenvalue weighted by Gasteiger charge is 2.43. The third-order valence-electron chi connectivity index (χ3n) is 5.36. The Labute approximate surface area is 205 Å². The van der Waals surface area contributed by atoms with Gasteiger partial charge in [0.05, 0.1) is 28.3 Å². The molecule has 1 N–H and O–H groups in total. The van der Waals surface area contributed by atoms with Crippen molar-refractivity contribution in [2.75, 3.05) is 7.11 Å². The largest absolute Gasteiger partial charge is 0.466 e. The number of halogens is 4. The van der Waals surface area contributed by atoms with Gasteiger partial charge in [-0.25, -0.2) is 13.6 Å². The van der Waals surface area contributed by atoms with Crippen LogP contribution in [0.5, 0.6) is 0 Å². The van der Waals surface area contributed by atoms with Gasteiger partial charge >= 0.3 is 5.97 Å². The Balaban J connectivity index is 2.16. The van der Waals surface area contributed by atoms with Crippen molar-refractivity contribution in [3.05, 3.63) is 88.8 Å². The molecule has 6 nitrogen and oxygen atoms in total. The maximum absolute atomic E-state index is 14.9. The summed E-state index contributed by atoms with van der Waals surface area (Å²) in [5, 5.41) is 18.4. The minimum atomic E-state index is -1.44. The first-order valence-electron chi connectivity index (χ1n) is 9.63. The Kier molecular flexibility index (Phi) is 6.41. The van der Waals surface area contributed by atoms with Gasteiger partial charge in [-0.1, -0.05) is 35.3 Å². The standard InChI is InChI=1S/C23H13Cl2F2N3O3S/c1-33-23(32)19-17(18-13(25)5-3-7-15(18)27)11(9-28)20(29)30-21(31)16(34-22(19)30)8-10-12(24)4-2-6-14(10)26/h2-8,11,17,29H,1H3/b16-8+,29-20?. The lowest BCUT2D eigenvalue weighted by molar-refractivity contribution is -0.134. The summed E-state index contributed by atoms with van der Waals surface area (Å²) in [4.78, 5) is 26.1. The molecule has 2 aromatic carbocycles. The molecular formula is C23H13Cl2F2N3O3S. The van der Waals surface area contributed by atoms with Crippen LogP contribution in [0, 0.1) is 34.3 Å². The lowest BCUT2D eigenvalue weighted by atomic mass is 9.78. The molecule has 0 bridgehead atoms. The maximum atomic E-state index is 14.9. The normalized spacial score (nSPS) is 17.9. The van der Waals surface area contributed by atoms with Gasteiger partial charge in [-0.15, -0.1) is 11.3 Å². The Morgan fingerprint density at radius 3 is 2.44 bits per heavy atom. The summed E-state index contributed by atoms with van der Waals surface area (Å²) in [5.74, 6) is -5.63. The molecular weight excluding hydrogens is 507 g/mol. The van der Waals surface area contributed by atoms with Crippen molar-refractivity contribution >= 4 is 58.0 Å². The van der Waals surface area contributed by atoms with Crippen molar-refractivity contribution in [3.8, 4) is 6.07 Å². The zero-order valence-corrected chi connectivity index (χ0v) is 19.6. The fourth-order valence-corrected chi connectivity index (χ4v) is 5.49. The van der Waals surface area contributed by atoms with Crippen LogP contribution in [0.4, 0.5) is 8.78 Å². The summed E-state index contributed by atoms with van der Waals surface area (Å²) in [7, 11) is 1.10. The number of nitrogens with one attached hydrogen (secondary N) is 1. The Hall–Kier alpha value is -3.32. The average molecular weight is 520 g/mol. The number of benzene rings is 2. The van der Waals surface area contributed by atoms with Gasteiger partial charge in [0, 0.05) is 22.1 Å². The molecule has 1 aliphatic heterocycles. The molecule has 11 heteroatoms. The molecule has 2 unspecified atom stereocenters. The fraction of sp³-hybridized carbons (Fsp3) is 0.130. The van der Waals surface area contributed by atoms with Gasteiger partial charge in [0.15, 0.2) is 0 Å². The lowest BCUT2D eigenvalue weighted by Gasteiger charge is -2.29. The first-order chi connectivity index (χ1) is 16.2. The number of ether oxygens (including phenoxy) is 1. The van der Waals surface area contributed by atoms with Gasteiger partial charge in [0.1, 0.15) is 28.1 Å². The van der Waals surface area contributed by atoms with E-state index < -0.39 is 40.8 Å². The van der Waals surface area contributed by atoms with Crippen LogP contribution in [0.2, 0.25) is 10.0 Å². The second-order valence-electron chi connectivity index (χ2n) is 7.20. The summed E-state index contributed by atoms with van der Waals surface area (Å²) < 4.78 is 34.9. The highest BCUT2D eigenvalue weighted by Crippen LogP contribution is 2.40. The highest BCUT2D eigenvalue weighted by atomic mass is 35.5. The topological polar surface area (TPSA) is 95.9 Å². The second-order valence-corrected chi connectivity index (χ2v) is 9.05. The zero-order chi connectivity index (χ0) is 24.7. The van der Waals surface area contributed by atoms with E-state index in [1.807, 2.05) is 6.07 Å². The number of hydrogen-bond donors (Lipinski definition) is 1. The number of fused-ring (bicyclic) bond motifs is 1. The number of hydrogen-bond acceptors (Lipinski definition) is 6. The molecule has 1 aliphatic rings. The molecule has 0 fully saturated rings. The van der Waals surface area contributed by atoms with E-state index in [-0.39, 0.29) is 35.9 Å². The molecule has 0 radical (unpaired) electrons. The molecule has 2 heterocycles. The van der Waals surface area contributed by atoms with Crippen LogP contribution in [0.3, 0.4) is 0 Å². The quantitative estimate of drug-likeness (QED) is 0.536. The third kappa shape index (κ3) is 3.74. The summed E-state index contributed by atoms with van der Waals surface area (Å²) in [5.41, 5.74) is -1.20. The molecule has 172 valence electrons. The van der Waals surface area contributed by atoms with Gasteiger partial charge in [-0.3, -0.25) is 14.8 Å². The molecule has 0 amide bonds. The molecule has 0 spiro atoms. The number of methoxy groups -OCH3 is 1. The first kappa shape index (κ1) is 23.8. The van der Waals surface area contributed by atoms with E-state index >= 15 is 0 Å². The maximum Gasteiger partial charge on any atom is 0.337 e. The minimum Gasteiger partial charge on any atom is -0.466 e.